The van der Waals surface area contributed by atoms with Crippen LogP contribution in [0.3, 0.4) is 0 Å². The highest BCUT2D eigenvalue weighted by Gasteiger charge is 2.40. The fourth-order valence-electron chi connectivity index (χ4n) is 2.02. The summed E-state index contributed by atoms with van der Waals surface area (Å²) >= 11 is 0. The van der Waals surface area contributed by atoms with Crippen LogP contribution in [0.1, 0.15) is 39.5 Å². The third-order valence-electron chi connectivity index (χ3n) is 3.24. The molecule has 1 fully saturated rings. The van der Waals surface area contributed by atoms with E-state index in [1.54, 1.807) is 6.92 Å². The van der Waals surface area contributed by atoms with E-state index in [2.05, 4.69) is 5.32 Å². The summed E-state index contributed by atoms with van der Waals surface area (Å²) < 4.78 is 35.9. The van der Waals surface area contributed by atoms with E-state index in [0.717, 1.165) is 0 Å². The molecule has 0 aromatic rings. The summed E-state index contributed by atoms with van der Waals surface area (Å²) in [4.78, 5) is 24.8. The molecule has 0 spiro atoms. The van der Waals surface area contributed by atoms with Crippen LogP contribution in [0.2, 0.25) is 0 Å². The first kappa shape index (κ1) is 15.9. The molecule has 7 heteroatoms. The number of hydrogen-bond acceptors (Lipinski definition) is 3. The molecule has 0 aromatic heterocycles. The molecule has 0 radical (unpaired) electrons. The Kier molecular flexibility index (Phi) is 5.34. The minimum absolute atomic E-state index is 0.0369. The van der Waals surface area contributed by atoms with Crippen molar-refractivity contribution < 1.29 is 22.8 Å². The van der Waals surface area contributed by atoms with Crippen LogP contribution in [0.5, 0.6) is 0 Å². The predicted octanol–water partition coefficient (Wildman–Crippen LogP) is 1.84. The van der Waals surface area contributed by atoms with Crippen molar-refractivity contribution in [2.24, 2.45) is 0 Å². The monoisotopic (exact) mass is 280 g/mol. The van der Waals surface area contributed by atoms with Crippen LogP contribution >= 0.6 is 0 Å². The van der Waals surface area contributed by atoms with Gasteiger partial charge >= 0.3 is 6.18 Å². The van der Waals surface area contributed by atoms with Gasteiger partial charge in [0.25, 0.3) is 0 Å². The van der Waals surface area contributed by atoms with Gasteiger partial charge in [-0.2, -0.15) is 13.2 Å². The van der Waals surface area contributed by atoms with Crippen LogP contribution in [-0.2, 0) is 9.59 Å². The predicted molar refractivity (Wildman–Crippen MR) is 63.3 cm³/mol. The molecule has 0 aliphatic carbocycles. The van der Waals surface area contributed by atoms with Crippen LogP contribution in [0.4, 0.5) is 13.2 Å². The fraction of sp³-hybridized carbons (Fsp3) is 0.833. The molecule has 1 rings (SSSR count). The topological polar surface area (TPSA) is 49.4 Å². The molecule has 2 amide bonds. The zero-order valence-corrected chi connectivity index (χ0v) is 11.1. The number of likely N-dealkylation sites (tertiary alicyclic amines) is 1. The fourth-order valence-corrected chi connectivity index (χ4v) is 2.02. The molecule has 0 saturated carbocycles. The number of carbonyl (C=O) groups is 2. The van der Waals surface area contributed by atoms with Crippen LogP contribution in [0.15, 0.2) is 0 Å². The van der Waals surface area contributed by atoms with Crippen LogP contribution in [0.25, 0.3) is 0 Å². The lowest BCUT2D eigenvalue weighted by molar-refractivity contribution is -0.141. The molecule has 0 aromatic carbocycles. The highest BCUT2D eigenvalue weighted by Crippen LogP contribution is 2.21. The number of alkyl halides is 3. The number of hydrogen-bond donors (Lipinski definition) is 1. The summed E-state index contributed by atoms with van der Waals surface area (Å²) in [6.45, 7) is 3.73. The molecule has 19 heavy (non-hydrogen) atoms. The highest BCUT2D eigenvalue weighted by atomic mass is 19.4. The third-order valence-corrected chi connectivity index (χ3v) is 3.24. The number of nitrogens with zero attached hydrogens (tertiary/aromatic N) is 1. The first-order valence-corrected chi connectivity index (χ1v) is 6.42. The van der Waals surface area contributed by atoms with E-state index in [9.17, 15) is 22.8 Å². The quantitative estimate of drug-likeness (QED) is 0.596. The Morgan fingerprint density at radius 1 is 1.42 bits per heavy atom. The molecule has 2 atom stereocenters. The van der Waals surface area contributed by atoms with Gasteiger partial charge in [0.15, 0.2) is 0 Å². The van der Waals surface area contributed by atoms with Gasteiger partial charge in [-0.15, -0.1) is 0 Å². The molecule has 1 aliphatic heterocycles. The second kappa shape index (κ2) is 6.36. The van der Waals surface area contributed by atoms with Gasteiger partial charge < -0.3 is 5.32 Å². The molecule has 1 heterocycles. The summed E-state index contributed by atoms with van der Waals surface area (Å²) in [5.41, 5.74) is 0. The maximum Gasteiger partial charge on any atom is 0.389 e. The second-order valence-corrected chi connectivity index (χ2v) is 4.79. The van der Waals surface area contributed by atoms with E-state index in [1.807, 2.05) is 6.92 Å². The van der Waals surface area contributed by atoms with Gasteiger partial charge in [-0.1, -0.05) is 6.92 Å². The average molecular weight is 280 g/mol. The number of amides is 2. The van der Waals surface area contributed by atoms with Crippen molar-refractivity contribution in [1.29, 1.82) is 0 Å². The maximum absolute atomic E-state index is 12.0. The minimum atomic E-state index is -4.18. The van der Waals surface area contributed by atoms with Crippen molar-refractivity contribution in [1.82, 2.24) is 10.2 Å². The number of nitrogens with one attached hydrogen (secondary N) is 1. The van der Waals surface area contributed by atoms with Gasteiger partial charge in [0, 0.05) is 12.5 Å². The van der Waals surface area contributed by atoms with Gasteiger partial charge in [-0.25, -0.2) is 0 Å². The van der Waals surface area contributed by atoms with Crippen molar-refractivity contribution in [3.8, 4) is 0 Å². The maximum atomic E-state index is 12.0. The average Bonchev–Trinajstić information content (AvgIpc) is 2.58. The Bertz CT molecular complexity index is 344. The largest absolute Gasteiger partial charge is 0.389 e. The van der Waals surface area contributed by atoms with Crippen molar-refractivity contribution in [3.05, 3.63) is 0 Å². The summed E-state index contributed by atoms with van der Waals surface area (Å²) in [6, 6.07) is -0.836. The second-order valence-electron chi connectivity index (χ2n) is 4.79. The molecule has 1 N–H and O–H groups in total. The van der Waals surface area contributed by atoms with Crippen LogP contribution in [0, 0.1) is 0 Å². The molecule has 2 unspecified atom stereocenters. The Labute approximate surface area is 110 Å². The summed E-state index contributed by atoms with van der Waals surface area (Å²) in [7, 11) is 0. The Hall–Kier alpha value is -1.11. The first-order valence-electron chi connectivity index (χ1n) is 6.42. The lowest BCUT2D eigenvalue weighted by Gasteiger charge is -2.21. The summed E-state index contributed by atoms with van der Waals surface area (Å²) in [6.07, 6.45) is -4.46. The number of carbonyl (C=O) groups excluding carboxylic acids is 2. The lowest BCUT2D eigenvalue weighted by Crippen LogP contribution is -2.43. The molecule has 1 aliphatic rings. The van der Waals surface area contributed by atoms with E-state index in [-0.39, 0.29) is 37.2 Å². The Morgan fingerprint density at radius 2 is 2.05 bits per heavy atom. The van der Waals surface area contributed by atoms with Crippen molar-refractivity contribution in [2.75, 3.05) is 6.54 Å². The van der Waals surface area contributed by atoms with Gasteiger partial charge in [0.05, 0.1) is 12.5 Å². The molecular formula is C12H19F3N2O2. The van der Waals surface area contributed by atoms with E-state index < -0.39 is 18.6 Å². The van der Waals surface area contributed by atoms with E-state index in [0.29, 0.717) is 6.42 Å². The van der Waals surface area contributed by atoms with Gasteiger partial charge in [0.2, 0.25) is 11.8 Å². The molecule has 110 valence electrons. The zero-order valence-electron chi connectivity index (χ0n) is 11.1. The number of imide groups is 1. The smallest absolute Gasteiger partial charge is 0.305 e. The highest BCUT2D eigenvalue weighted by molar-refractivity contribution is 6.05. The summed E-state index contributed by atoms with van der Waals surface area (Å²) in [5.74, 6) is -0.584. The first-order chi connectivity index (χ1) is 8.76. The van der Waals surface area contributed by atoms with Crippen molar-refractivity contribution >= 4 is 11.8 Å². The lowest BCUT2D eigenvalue weighted by atomic mass is 10.2. The van der Waals surface area contributed by atoms with Gasteiger partial charge in [0.1, 0.15) is 0 Å². The molecule has 0 bridgehead atoms. The zero-order chi connectivity index (χ0) is 14.6. The van der Waals surface area contributed by atoms with Crippen molar-refractivity contribution in [3.63, 3.8) is 0 Å². The van der Waals surface area contributed by atoms with Crippen molar-refractivity contribution in [2.45, 2.75) is 57.8 Å². The molecule has 4 nitrogen and oxygen atoms in total. The third kappa shape index (κ3) is 4.49. The molecular weight excluding hydrogens is 261 g/mol. The number of rotatable bonds is 6. The van der Waals surface area contributed by atoms with E-state index in [1.165, 1.54) is 4.90 Å². The Morgan fingerprint density at radius 3 is 2.58 bits per heavy atom. The van der Waals surface area contributed by atoms with E-state index >= 15 is 0 Å². The SMILES string of the molecule is CCC(C)N1C(=O)CC(NCCCC(F)(F)F)C1=O. The summed E-state index contributed by atoms with van der Waals surface area (Å²) in [5, 5.41) is 2.73. The van der Waals surface area contributed by atoms with E-state index in [4.69, 9.17) is 0 Å². The van der Waals surface area contributed by atoms with Crippen LogP contribution < -0.4 is 5.32 Å². The molecule has 1 saturated heterocycles. The van der Waals surface area contributed by atoms with Crippen LogP contribution in [-0.4, -0.2) is 41.5 Å². The minimum Gasteiger partial charge on any atom is -0.305 e. The standard InChI is InChI=1S/C12H19F3N2O2/c1-3-8(2)17-10(18)7-9(11(17)19)16-6-4-5-12(13,14)15/h8-9,16H,3-7H2,1-2H3. The van der Waals surface area contributed by atoms with Gasteiger partial charge in [-0.3, -0.25) is 14.5 Å². The number of halogens is 3. The Balaban J connectivity index is 2.41. The normalized spacial score (nSPS) is 22.2. The van der Waals surface area contributed by atoms with Gasteiger partial charge in [-0.05, 0) is 26.3 Å².